The third-order valence-electron chi connectivity index (χ3n) is 10.9. The molecule has 0 saturated carbocycles. The molecule has 0 saturated heterocycles. The van der Waals surface area contributed by atoms with Gasteiger partial charge in [-0.25, -0.2) is 16.8 Å². The van der Waals surface area contributed by atoms with Crippen LogP contribution in [0.2, 0.25) is 0 Å². The van der Waals surface area contributed by atoms with Gasteiger partial charge in [0.25, 0.3) is 0 Å². The van der Waals surface area contributed by atoms with E-state index in [1.54, 1.807) is 84.9 Å². The van der Waals surface area contributed by atoms with Gasteiger partial charge >= 0.3 is 0 Å². The van der Waals surface area contributed by atoms with E-state index < -0.39 is 25.1 Å². The van der Waals surface area contributed by atoms with Gasteiger partial charge in [-0.1, -0.05) is 121 Å². The molecule has 0 spiro atoms. The Kier molecular flexibility index (Phi) is 6.84. The van der Waals surface area contributed by atoms with Crippen LogP contribution < -0.4 is 0 Å². The smallest absolute Gasteiger partial charge is 0.206 e. The minimum absolute atomic E-state index is 0.172. The standard InChI is InChI=1S/C47H30O4S2/c48-52(49,37-15-6-2-7-16-37)39-23-25-41-42-26-24-40(53(50,51)38-17-8-3-9-18-38)30-44(42)47(43(41)29-39,35-13-4-1-5-14-35)36-27-33-21-19-31-11-10-12-32-20-22-34(28-36)46(33)45(31)32/h1-30H. The summed E-state index contributed by atoms with van der Waals surface area (Å²) >= 11 is 0. The molecule has 10 rings (SSSR count). The number of rotatable bonds is 6. The molecule has 254 valence electrons. The second-order valence-corrected chi connectivity index (χ2v) is 17.6. The van der Waals surface area contributed by atoms with Gasteiger partial charge in [0.05, 0.1) is 25.0 Å². The van der Waals surface area contributed by atoms with Gasteiger partial charge < -0.3 is 0 Å². The Morgan fingerprint density at radius 2 is 0.736 bits per heavy atom. The van der Waals surface area contributed by atoms with E-state index in [2.05, 4.69) is 66.7 Å². The Balaban J connectivity index is 1.34. The van der Waals surface area contributed by atoms with Gasteiger partial charge in [0.1, 0.15) is 0 Å². The SMILES string of the molecule is O=S(=O)(c1ccccc1)c1ccc2c(c1)C(c1ccccc1)(c1cc3ccc4cccc5ccc(c1)c3c45)c1cc(S(=O)(=O)c3ccccc3)ccc1-2. The van der Waals surface area contributed by atoms with E-state index in [0.717, 1.165) is 60.3 Å². The first-order valence-corrected chi connectivity index (χ1v) is 20.4. The van der Waals surface area contributed by atoms with Crippen LogP contribution in [0.25, 0.3) is 43.4 Å². The molecule has 0 unspecified atom stereocenters. The maximum atomic E-state index is 14.3. The molecular formula is C47H30O4S2. The first kappa shape index (κ1) is 31.6. The summed E-state index contributed by atoms with van der Waals surface area (Å²) in [5.41, 5.74) is 3.99. The van der Waals surface area contributed by atoms with Crippen LogP contribution >= 0.6 is 0 Å². The zero-order valence-electron chi connectivity index (χ0n) is 28.3. The van der Waals surface area contributed by atoms with Crippen LogP contribution in [0.1, 0.15) is 22.3 Å². The third kappa shape index (κ3) is 4.52. The summed E-state index contributed by atoms with van der Waals surface area (Å²) in [6, 6.07) is 57.0. The van der Waals surface area contributed by atoms with Crippen molar-refractivity contribution in [3.63, 3.8) is 0 Å². The van der Waals surface area contributed by atoms with E-state index in [9.17, 15) is 16.8 Å². The van der Waals surface area contributed by atoms with E-state index in [-0.39, 0.29) is 19.6 Å². The number of benzene rings is 9. The van der Waals surface area contributed by atoms with Crippen LogP contribution in [0.3, 0.4) is 0 Å². The van der Waals surface area contributed by atoms with Crippen molar-refractivity contribution < 1.29 is 16.8 Å². The predicted octanol–water partition coefficient (Wildman–Crippen LogP) is 10.6. The van der Waals surface area contributed by atoms with E-state index in [1.807, 2.05) is 30.3 Å². The van der Waals surface area contributed by atoms with Crippen LogP contribution in [-0.2, 0) is 25.1 Å². The maximum absolute atomic E-state index is 14.3. The van der Waals surface area contributed by atoms with E-state index >= 15 is 0 Å². The second-order valence-electron chi connectivity index (χ2n) is 13.7. The maximum Gasteiger partial charge on any atom is 0.206 e. The molecule has 0 N–H and O–H groups in total. The van der Waals surface area contributed by atoms with Gasteiger partial charge in [0.15, 0.2) is 0 Å². The van der Waals surface area contributed by atoms with Gasteiger partial charge in [0.2, 0.25) is 19.7 Å². The summed E-state index contributed by atoms with van der Waals surface area (Å²) in [5, 5.41) is 6.78. The highest BCUT2D eigenvalue weighted by atomic mass is 32.2. The molecule has 6 heteroatoms. The second kappa shape index (κ2) is 11.5. The van der Waals surface area contributed by atoms with Crippen molar-refractivity contribution in [3.05, 3.63) is 204 Å². The molecule has 1 aliphatic carbocycles. The lowest BCUT2D eigenvalue weighted by Crippen LogP contribution is -2.29. The normalized spacial score (nSPS) is 13.7. The molecule has 0 fully saturated rings. The minimum atomic E-state index is -3.90. The topological polar surface area (TPSA) is 68.3 Å². The molecule has 0 aliphatic heterocycles. The van der Waals surface area contributed by atoms with Gasteiger partial charge in [-0.05, 0) is 126 Å². The van der Waals surface area contributed by atoms with Crippen molar-refractivity contribution in [2.75, 3.05) is 0 Å². The van der Waals surface area contributed by atoms with Crippen molar-refractivity contribution in [3.8, 4) is 11.1 Å². The number of hydrogen-bond donors (Lipinski definition) is 0. The molecule has 0 atom stereocenters. The summed E-state index contributed by atoms with van der Waals surface area (Å²) in [4.78, 5) is 0.760. The summed E-state index contributed by atoms with van der Waals surface area (Å²) in [6.07, 6.45) is 0. The Morgan fingerprint density at radius 1 is 0.321 bits per heavy atom. The quantitative estimate of drug-likeness (QED) is 0.160. The van der Waals surface area contributed by atoms with Gasteiger partial charge in [-0.3, -0.25) is 0 Å². The molecule has 0 amide bonds. The van der Waals surface area contributed by atoms with Gasteiger partial charge in [-0.2, -0.15) is 0 Å². The van der Waals surface area contributed by atoms with E-state index in [4.69, 9.17) is 0 Å². The fourth-order valence-electron chi connectivity index (χ4n) is 8.53. The molecule has 0 radical (unpaired) electrons. The first-order chi connectivity index (χ1) is 25.8. The average Bonchev–Trinajstić information content (AvgIpc) is 3.50. The average molecular weight is 723 g/mol. The summed E-state index contributed by atoms with van der Waals surface area (Å²) in [5.74, 6) is 0. The van der Waals surface area contributed by atoms with Crippen LogP contribution in [0.4, 0.5) is 0 Å². The highest BCUT2D eigenvalue weighted by Crippen LogP contribution is 2.58. The van der Waals surface area contributed by atoms with Crippen molar-refractivity contribution >= 4 is 52.0 Å². The third-order valence-corrected chi connectivity index (χ3v) is 14.4. The predicted molar refractivity (Wildman–Crippen MR) is 211 cm³/mol. The van der Waals surface area contributed by atoms with Gasteiger partial charge in [-0.15, -0.1) is 0 Å². The number of sulfone groups is 2. The molecule has 0 bridgehead atoms. The minimum Gasteiger partial charge on any atom is -0.219 e. The monoisotopic (exact) mass is 722 g/mol. The molecule has 0 heterocycles. The van der Waals surface area contributed by atoms with Crippen LogP contribution in [0.5, 0.6) is 0 Å². The van der Waals surface area contributed by atoms with Crippen molar-refractivity contribution in [1.82, 2.24) is 0 Å². The van der Waals surface area contributed by atoms with Crippen LogP contribution in [0, 0.1) is 0 Å². The molecular weight excluding hydrogens is 693 g/mol. The van der Waals surface area contributed by atoms with E-state index in [0.29, 0.717) is 0 Å². The molecule has 9 aromatic rings. The molecule has 1 aliphatic rings. The fourth-order valence-corrected chi connectivity index (χ4v) is 11.2. The van der Waals surface area contributed by atoms with Crippen LogP contribution in [-0.4, -0.2) is 16.8 Å². The van der Waals surface area contributed by atoms with Crippen molar-refractivity contribution in [2.45, 2.75) is 25.0 Å². The molecule has 9 aromatic carbocycles. The molecule has 0 aromatic heterocycles. The van der Waals surface area contributed by atoms with Gasteiger partial charge in [0, 0.05) is 0 Å². The summed E-state index contributed by atoms with van der Waals surface area (Å²) in [7, 11) is -7.80. The summed E-state index contributed by atoms with van der Waals surface area (Å²) in [6.45, 7) is 0. The number of hydrogen-bond acceptors (Lipinski definition) is 4. The number of fused-ring (bicyclic) bond motifs is 3. The largest absolute Gasteiger partial charge is 0.219 e. The Morgan fingerprint density at radius 3 is 1.21 bits per heavy atom. The Hall–Kier alpha value is -6.08. The zero-order valence-corrected chi connectivity index (χ0v) is 29.9. The molecule has 53 heavy (non-hydrogen) atoms. The highest BCUT2D eigenvalue weighted by molar-refractivity contribution is 7.91. The molecule has 4 nitrogen and oxygen atoms in total. The Bertz CT molecular complexity index is 2940. The van der Waals surface area contributed by atoms with E-state index in [1.165, 1.54) is 5.39 Å². The van der Waals surface area contributed by atoms with Crippen molar-refractivity contribution in [2.24, 2.45) is 0 Å². The highest BCUT2D eigenvalue weighted by Gasteiger charge is 2.47. The Labute approximate surface area is 307 Å². The van der Waals surface area contributed by atoms with Crippen LogP contribution in [0.15, 0.2) is 202 Å². The zero-order chi connectivity index (χ0) is 36.0. The van der Waals surface area contributed by atoms with Crippen molar-refractivity contribution in [1.29, 1.82) is 0 Å². The lowest BCUT2D eigenvalue weighted by atomic mass is 9.67. The first-order valence-electron chi connectivity index (χ1n) is 17.4. The summed E-state index contributed by atoms with van der Waals surface area (Å²) < 4.78 is 57.0. The lowest BCUT2D eigenvalue weighted by Gasteiger charge is -2.35. The lowest BCUT2D eigenvalue weighted by molar-refractivity contribution is 0.594. The fraction of sp³-hybridized carbons (Fsp3) is 0.0213.